The number of rotatable bonds is 0. The third kappa shape index (κ3) is 2.94. The van der Waals surface area contributed by atoms with E-state index in [4.69, 9.17) is 4.55 Å². The monoisotopic (exact) mass is 236 g/mol. The van der Waals surface area contributed by atoms with E-state index < -0.39 is 13.2 Å². The zero-order valence-corrected chi connectivity index (χ0v) is 5.93. The van der Waals surface area contributed by atoms with Crippen molar-refractivity contribution in [2.45, 2.75) is 0 Å². The maximum Gasteiger partial charge on any atom is 0.338 e. The Hall–Kier alpha value is 0.310. The molecule has 0 aromatic rings. The van der Waals surface area contributed by atoms with Crippen LogP contribution in [0.5, 0.6) is 0 Å². The summed E-state index contributed by atoms with van der Waals surface area (Å²) < 4.78 is 25.5. The molecule has 42 valence electrons. The Balaban J connectivity index is 4.43. The second kappa shape index (κ2) is 2.05. The van der Waals surface area contributed by atoms with Gasteiger partial charge < -0.3 is 0 Å². The first kappa shape index (κ1) is 7.31. The van der Waals surface area contributed by atoms with E-state index in [1.54, 1.807) is 0 Å². The fourth-order valence-corrected chi connectivity index (χ4v) is 0. The van der Waals surface area contributed by atoms with Crippen LogP contribution in [-0.2, 0) is 10.1 Å². The fraction of sp³-hybridized carbons (Fsp3) is 0. The second-order valence-corrected chi connectivity index (χ2v) is 3.75. The van der Waals surface area contributed by atoms with E-state index in [9.17, 15) is 13.2 Å². The van der Waals surface area contributed by atoms with E-state index >= 15 is 0 Å². The van der Waals surface area contributed by atoms with Gasteiger partial charge in [-0.1, -0.05) is 0 Å². The lowest BCUT2D eigenvalue weighted by molar-refractivity contribution is 0.274. The Morgan fingerprint density at radius 3 is 1.71 bits per heavy atom. The van der Waals surface area contributed by atoms with Crippen LogP contribution in [-0.4, -0.2) is 16.1 Å². The van der Waals surface area contributed by atoms with Crippen LogP contribution in [0.1, 0.15) is 0 Å². The molecule has 0 saturated carbocycles. The van der Waals surface area contributed by atoms with Crippen molar-refractivity contribution in [3.63, 3.8) is 0 Å². The Kier molecular flexibility index (Phi) is 2.14. The van der Waals surface area contributed by atoms with Gasteiger partial charge in [-0.2, -0.15) is 8.42 Å². The van der Waals surface area contributed by atoms with Crippen molar-refractivity contribution in [1.82, 2.24) is 0 Å². The molecule has 0 aromatic carbocycles. The molecule has 0 unspecified atom stereocenters. The quantitative estimate of drug-likeness (QED) is 0.376. The lowest BCUT2D eigenvalue weighted by Gasteiger charge is -1.78. The molecule has 0 aliphatic carbocycles. The summed E-state index contributed by atoms with van der Waals surface area (Å²) in [5, 5.41) is 0. The first-order valence-electron chi connectivity index (χ1n) is 1.11. The number of hydrogen-bond acceptors (Lipinski definition) is 3. The van der Waals surface area contributed by atoms with Gasteiger partial charge in [-0.3, -0.25) is 9.35 Å². The topological polar surface area (TPSA) is 71.4 Å². The first-order valence-corrected chi connectivity index (χ1v) is 3.63. The molecule has 1 N–H and O–H groups in total. The summed E-state index contributed by atoms with van der Waals surface area (Å²) in [6, 6.07) is 0. The highest BCUT2D eigenvalue weighted by molar-refractivity contribution is 14.1. The highest BCUT2D eigenvalue weighted by Crippen LogP contribution is 1.95. The summed E-state index contributed by atoms with van der Waals surface area (Å²) in [4.78, 5) is 9.61. The van der Waals surface area contributed by atoms with Crippen molar-refractivity contribution in [3.05, 3.63) is 0 Å². The minimum Gasteiger partial charge on any atom is -0.279 e. The van der Waals surface area contributed by atoms with Gasteiger partial charge in [-0.25, -0.2) is 0 Å². The molecule has 0 fully saturated rings. The third-order valence-corrected chi connectivity index (χ3v) is 2.28. The molecule has 0 saturated heterocycles. The van der Waals surface area contributed by atoms with E-state index in [2.05, 4.69) is 0 Å². The van der Waals surface area contributed by atoms with Gasteiger partial charge in [0.2, 0.25) is 0 Å². The number of carbonyl (C=O) groups is 1. The molecule has 0 aliphatic heterocycles. The Morgan fingerprint density at radius 1 is 1.57 bits per heavy atom. The van der Waals surface area contributed by atoms with Crippen LogP contribution in [0.3, 0.4) is 0 Å². The second-order valence-electron chi connectivity index (χ2n) is 0.713. The molecule has 4 nitrogen and oxygen atoms in total. The lowest BCUT2D eigenvalue weighted by Crippen LogP contribution is -2.01. The lowest BCUT2D eigenvalue weighted by atomic mass is 11.8. The van der Waals surface area contributed by atoms with Crippen molar-refractivity contribution in [2.75, 3.05) is 0 Å². The molecule has 0 amide bonds. The molecular formula is CHIO4S. The van der Waals surface area contributed by atoms with E-state index in [-0.39, 0.29) is 0 Å². The molecule has 0 heterocycles. The van der Waals surface area contributed by atoms with Crippen LogP contribution in [0.15, 0.2) is 0 Å². The van der Waals surface area contributed by atoms with Gasteiger partial charge in [0.1, 0.15) is 0 Å². The van der Waals surface area contributed by atoms with E-state index in [1.165, 1.54) is 0 Å². The van der Waals surface area contributed by atoms with Crippen LogP contribution >= 0.6 is 22.6 Å². The number of hydrogen-bond donors (Lipinski definition) is 1. The fourth-order valence-electron chi connectivity index (χ4n) is 0. The molecular weight excluding hydrogens is 235 g/mol. The first-order chi connectivity index (χ1) is 2.94. The molecule has 0 atom stereocenters. The Bertz CT molecular complexity index is 166. The van der Waals surface area contributed by atoms with Crippen LogP contribution in [0.2, 0.25) is 0 Å². The molecule has 0 spiro atoms. The van der Waals surface area contributed by atoms with Crippen LogP contribution in [0.4, 0.5) is 4.79 Å². The predicted molar refractivity (Wildman–Crippen MR) is 31.0 cm³/mol. The molecule has 7 heavy (non-hydrogen) atoms. The molecule has 0 aliphatic rings. The number of carbonyl (C=O) groups excluding carboxylic acids is 1. The highest BCUT2D eigenvalue weighted by atomic mass is 127. The molecule has 0 rings (SSSR count). The van der Waals surface area contributed by atoms with Crippen molar-refractivity contribution in [1.29, 1.82) is 0 Å². The van der Waals surface area contributed by atoms with E-state index in [0.29, 0.717) is 0 Å². The smallest absolute Gasteiger partial charge is 0.279 e. The summed E-state index contributed by atoms with van der Waals surface area (Å²) in [6.07, 6.45) is 0. The van der Waals surface area contributed by atoms with Gasteiger partial charge >= 0.3 is 13.2 Å². The summed E-state index contributed by atoms with van der Waals surface area (Å²) >= 11 is 0.972. The Labute approximate surface area is 53.8 Å². The Morgan fingerprint density at radius 2 is 1.71 bits per heavy atom. The highest BCUT2D eigenvalue weighted by Gasteiger charge is 2.11. The standard InChI is InChI=1S/CHIO4S/c2-1(3)7(4,5)6/h(H,4,5,6). The predicted octanol–water partition coefficient (Wildman–Crippen LogP) is 0.429. The van der Waals surface area contributed by atoms with Crippen molar-refractivity contribution in [2.24, 2.45) is 0 Å². The van der Waals surface area contributed by atoms with Crippen molar-refractivity contribution in [3.8, 4) is 0 Å². The average Bonchev–Trinajstić information content (AvgIpc) is 1.31. The maximum atomic E-state index is 9.61. The normalized spacial score (nSPS) is 11.1. The van der Waals surface area contributed by atoms with Gasteiger partial charge in [0.25, 0.3) is 0 Å². The molecule has 6 heteroatoms. The summed E-state index contributed by atoms with van der Waals surface area (Å²) in [5.74, 6) is 0. The minimum absolute atomic E-state index is 0.972. The molecule has 0 bridgehead atoms. The van der Waals surface area contributed by atoms with Crippen LogP contribution in [0, 0.1) is 0 Å². The number of halogens is 1. The van der Waals surface area contributed by atoms with E-state index in [1.807, 2.05) is 0 Å². The van der Waals surface area contributed by atoms with Crippen molar-refractivity contribution < 1.29 is 17.8 Å². The zero-order valence-electron chi connectivity index (χ0n) is 2.96. The van der Waals surface area contributed by atoms with Gasteiger partial charge in [0.15, 0.2) is 0 Å². The molecule has 0 radical (unpaired) electrons. The van der Waals surface area contributed by atoms with Crippen LogP contribution in [0.25, 0.3) is 0 Å². The van der Waals surface area contributed by atoms with Crippen molar-refractivity contribution >= 4 is 35.8 Å². The largest absolute Gasteiger partial charge is 0.338 e. The van der Waals surface area contributed by atoms with Crippen LogP contribution < -0.4 is 0 Å². The minimum atomic E-state index is -4.39. The molecule has 0 aromatic heterocycles. The summed E-state index contributed by atoms with van der Waals surface area (Å²) in [5.41, 5.74) is 0. The van der Waals surface area contributed by atoms with Gasteiger partial charge in [0.05, 0.1) is 0 Å². The van der Waals surface area contributed by atoms with Gasteiger partial charge in [-0.05, 0) is 0 Å². The SMILES string of the molecule is O=C(I)S(=O)(=O)O. The summed E-state index contributed by atoms with van der Waals surface area (Å²) in [6.45, 7) is 0. The summed E-state index contributed by atoms with van der Waals surface area (Å²) in [7, 11) is -4.39. The zero-order chi connectivity index (χ0) is 6.08. The average molecular weight is 236 g/mol. The third-order valence-electron chi connectivity index (χ3n) is 0.203. The van der Waals surface area contributed by atoms with Gasteiger partial charge in [-0.15, -0.1) is 0 Å². The maximum absolute atomic E-state index is 9.61. The van der Waals surface area contributed by atoms with Gasteiger partial charge in [0, 0.05) is 22.6 Å². The van der Waals surface area contributed by atoms with E-state index in [0.717, 1.165) is 22.6 Å².